The third kappa shape index (κ3) is 3.82. The summed E-state index contributed by atoms with van der Waals surface area (Å²) in [4.78, 5) is 1.32. The summed E-state index contributed by atoms with van der Waals surface area (Å²) in [5.74, 6) is 1.11. The molecule has 1 atom stereocenters. The van der Waals surface area contributed by atoms with Gasteiger partial charge in [-0.05, 0) is 52.8 Å². The van der Waals surface area contributed by atoms with Gasteiger partial charge in [0.15, 0.2) is 0 Å². The lowest BCUT2D eigenvalue weighted by Gasteiger charge is -2.14. The number of halogens is 1. The molecule has 84 valence electrons. The molecule has 0 amide bonds. The first-order chi connectivity index (χ1) is 7.19. The molecule has 0 aliphatic rings. The van der Waals surface area contributed by atoms with Crippen LogP contribution < -0.4 is 5.32 Å². The van der Waals surface area contributed by atoms with Gasteiger partial charge in [0.2, 0.25) is 0 Å². The molecule has 1 aromatic carbocycles. The first kappa shape index (κ1) is 13.1. The van der Waals surface area contributed by atoms with Gasteiger partial charge in [-0.2, -0.15) is 0 Å². The third-order valence-electron chi connectivity index (χ3n) is 2.27. The van der Waals surface area contributed by atoms with E-state index in [1.807, 2.05) is 11.8 Å². The smallest absolute Gasteiger partial charge is 0.0314 e. The Bertz CT molecular complexity index is 314. The van der Waals surface area contributed by atoms with Crippen LogP contribution in [-0.2, 0) is 0 Å². The Morgan fingerprint density at radius 2 is 2.13 bits per heavy atom. The molecule has 0 heterocycles. The molecular weight excluding hydrogens is 270 g/mol. The average Bonchev–Trinajstić information content (AvgIpc) is 2.21. The second kappa shape index (κ2) is 6.56. The Kier molecular flexibility index (Phi) is 5.72. The van der Waals surface area contributed by atoms with Crippen molar-refractivity contribution >= 4 is 27.7 Å². The summed E-state index contributed by atoms with van der Waals surface area (Å²) in [6, 6.07) is 7.04. The minimum absolute atomic E-state index is 0.423. The maximum Gasteiger partial charge on any atom is 0.0314 e. The molecule has 0 fully saturated rings. The van der Waals surface area contributed by atoms with Gasteiger partial charge in [0.1, 0.15) is 0 Å². The summed E-state index contributed by atoms with van der Waals surface area (Å²) in [7, 11) is 0. The van der Waals surface area contributed by atoms with Crippen molar-refractivity contribution in [3.05, 3.63) is 28.2 Å². The van der Waals surface area contributed by atoms with Gasteiger partial charge in [-0.3, -0.25) is 0 Å². The van der Waals surface area contributed by atoms with Gasteiger partial charge in [0.05, 0.1) is 0 Å². The summed E-state index contributed by atoms with van der Waals surface area (Å²) < 4.78 is 1.21. The van der Waals surface area contributed by atoms with E-state index in [-0.39, 0.29) is 0 Å². The maximum atomic E-state index is 3.62. The number of rotatable bonds is 5. The zero-order chi connectivity index (χ0) is 11.3. The van der Waals surface area contributed by atoms with Gasteiger partial charge in [0, 0.05) is 15.4 Å². The summed E-state index contributed by atoms with van der Waals surface area (Å²) in [5, 5.41) is 3.41. The number of hydrogen-bond acceptors (Lipinski definition) is 2. The maximum absolute atomic E-state index is 3.62. The lowest BCUT2D eigenvalue weighted by Crippen LogP contribution is -2.17. The molecule has 0 saturated carbocycles. The van der Waals surface area contributed by atoms with Crippen molar-refractivity contribution in [3.8, 4) is 0 Å². The van der Waals surface area contributed by atoms with E-state index in [1.165, 1.54) is 14.9 Å². The van der Waals surface area contributed by atoms with E-state index in [4.69, 9.17) is 0 Å². The molecule has 0 radical (unpaired) electrons. The van der Waals surface area contributed by atoms with Crippen molar-refractivity contribution in [3.63, 3.8) is 0 Å². The van der Waals surface area contributed by atoms with Gasteiger partial charge in [-0.1, -0.05) is 19.9 Å². The van der Waals surface area contributed by atoms with Crippen LogP contribution in [0.25, 0.3) is 0 Å². The minimum Gasteiger partial charge on any atom is -0.310 e. The molecule has 0 aliphatic heterocycles. The van der Waals surface area contributed by atoms with E-state index in [2.05, 4.69) is 60.2 Å². The van der Waals surface area contributed by atoms with E-state index in [1.54, 1.807) is 0 Å². The number of thioether (sulfide) groups is 1. The zero-order valence-electron chi connectivity index (χ0n) is 9.51. The number of hydrogen-bond donors (Lipinski definition) is 1. The van der Waals surface area contributed by atoms with Crippen LogP contribution in [0.4, 0.5) is 0 Å². The van der Waals surface area contributed by atoms with Crippen LogP contribution in [0.1, 0.15) is 32.4 Å². The van der Waals surface area contributed by atoms with Crippen molar-refractivity contribution in [2.75, 3.05) is 12.3 Å². The third-order valence-corrected chi connectivity index (χ3v) is 4.14. The molecule has 15 heavy (non-hydrogen) atoms. The molecule has 0 saturated heterocycles. The fraction of sp³-hybridized carbons (Fsp3) is 0.500. The normalized spacial score (nSPS) is 12.8. The second-order valence-electron chi connectivity index (χ2n) is 3.40. The topological polar surface area (TPSA) is 12.0 Å². The van der Waals surface area contributed by atoms with Crippen molar-refractivity contribution in [1.82, 2.24) is 5.32 Å². The van der Waals surface area contributed by atoms with Crippen LogP contribution in [0, 0.1) is 0 Å². The monoisotopic (exact) mass is 287 g/mol. The molecule has 0 aliphatic carbocycles. The number of benzene rings is 1. The van der Waals surface area contributed by atoms with E-state index in [0.29, 0.717) is 6.04 Å². The van der Waals surface area contributed by atoms with Crippen LogP contribution in [0.2, 0.25) is 0 Å². The van der Waals surface area contributed by atoms with Crippen LogP contribution in [0.3, 0.4) is 0 Å². The highest BCUT2D eigenvalue weighted by Crippen LogP contribution is 2.29. The van der Waals surface area contributed by atoms with E-state index in [9.17, 15) is 0 Å². The Hall–Kier alpha value is 0.01000. The van der Waals surface area contributed by atoms with Gasteiger partial charge in [-0.15, -0.1) is 11.8 Å². The lowest BCUT2D eigenvalue weighted by atomic mass is 10.1. The molecule has 1 rings (SSSR count). The van der Waals surface area contributed by atoms with E-state index in [0.717, 1.165) is 12.3 Å². The van der Waals surface area contributed by atoms with Gasteiger partial charge in [0.25, 0.3) is 0 Å². The molecule has 1 nitrogen and oxygen atoms in total. The van der Waals surface area contributed by atoms with Crippen molar-refractivity contribution in [1.29, 1.82) is 0 Å². The SMILES string of the molecule is CCNC(C)c1ccc(SCC)c(Br)c1. The molecule has 0 aromatic heterocycles. The molecule has 1 N–H and O–H groups in total. The molecule has 0 spiro atoms. The van der Waals surface area contributed by atoms with Crippen molar-refractivity contribution < 1.29 is 0 Å². The van der Waals surface area contributed by atoms with Crippen molar-refractivity contribution in [2.24, 2.45) is 0 Å². The van der Waals surface area contributed by atoms with Crippen molar-refractivity contribution in [2.45, 2.75) is 31.7 Å². The van der Waals surface area contributed by atoms with Gasteiger partial charge < -0.3 is 5.32 Å². The summed E-state index contributed by atoms with van der Waals surface area (Å²) in [6.45, 7) is 7.50. The van der Waals surface area contributed by atoms with E-state index >= 15 is 0 Å². The second-order valence-corrected chi connectivity index (χ2v) is 5.56. The van der Waals surface area contributed by atoms with Crippen LogP contribution >= 0.6 is 27.7 Å². The van der Waals surface area contributed by atoms with Crippen LogP contribution in [-0.4, -0.2) is 12.3 Å². The minimum atomic E-state index is 0.423. The first-order valence-corrected chi connectivity index (χ1v) is 7.12. The summed E-state index contributed by atoms with van der Waals surface area (Å²) in [6.07, 6.45) is 0. The Morgan fingerprint density at radius 3 is 2.67 bits per heavy atom. The van der Waals surface area contributed by atoms with Gasteiger partial charge in [-0.25, -0.2) is 0 Å². The Morgan fingerprint density at radius 1 is 1.40 bits per heavy atom. The summed E-state index contributed by atoms with van der Waals surface area (Å²) >= 11 is 5.49. The molecular formula is C12H18BrNS. The lowest BCUT2D eigenvalue weighted by molar-refractivity contribution is 0.597. The first-order valence-electron chi connectivity index (χ1n) is 5.34. The number of nitrogens with one attached hydrogen (secondary N) is 1. The molecule has 1 aromatic rings. The fourth-order valence-corrected chi connectivity index (χ4v) is 2.89. The Balaban J connectivity index is 2.81. The highest BCUT2D eigenvalue weighted by Gasteiger charge is 2.06. The molecule has 3 heteroatoms. The molecule has 1 unspecified atom stereocenters. The van der Waals surface area contributed by atoms with E-state index < -0.39 is 0 Å². The average molecular weight is 288 g/mol. The predicted molar refractivity (Wildman–Crippen MR) is 72.6 cm³/mol. The fourth-order valence-electron chi connectivity index (χ4n) is 1.48. The van der Waals surface area contributed by atoms with Crippen LogP contribution in [0.15, 0.2) is 27.6 Å². The quantitative estimate of drug-likeness (QED) is 0.814. The van der Waals surface area contributed by atoms with Crippen LogP contribution in [0.5, 0.6) is 0 Å². The largest absolute Gasteiger partial charge is 0.310 e. The Labute approximate surface area is 105 Å². The standard InChI is InChI=1S/C12H18BrNS/c1-4-14-9(3)10-6-7-12(15-5-2)11(13)8-10/h6-9,14H,4-5H2,1-3H3. The van der Waals surface area contributed by atoms with Gasteiger partial charge >= 0.3 is 0 Å². The zero-order valence-corrected chi connectivity index (χ0v) is 11.9. The summed E-state index contributed by atoms with van der Waals surface area (Å²) in [5.41, 5.74) is 1.34. The molecule has 0 bridgehead atoms. The highest BCUT2D eigenvalue weighted by atomic mass is 79.9. The highest BCUT2D eigenvalue weighted by molar-refractivity contribution is 9.10. The predicted octanol–water partition coefficient (Wildman–Crippen LogP) is 4.23.